The molecule has 0 radical (unpaired) electrons. The van der Waals surface area contributed by atoms with E-state index in [1.165, 1.54) is 11.8 Å². The van der Waals surface area contributed by atoms with Crippen molar-refractivity contribution in [3.63, 3.8) is 0 Å². The number of nitrogens with zero attached hydrogens (tertiary/aromatic N) is 2. The number of carbonyl (C=O) groups excluding carboxylic acids is 2. The summed E-state index contributed by atoms with van der Waals surface area (Å²) in [6.07, 6.45) is 8.72. The molecule has 2 unspecified atom stereocenters. The molecule has 2 aromatic rings. The Kier molecular flexibility index (Phi) is 4.89. The normalized spacial score (nSPS) is 23.3. The maximum atomic E-state index is 13.8. The van der Waals surface area contributed by atoms with Gasteiger partial charge in [-0.15, -0.1) is 0 Å². The van der Waals surface area contributed by atoms with Crippen LogP contribution < -0.4 is 5.73 Å². The highest BCUT2D eigenvalue weighted by atomic mass is 16.2. The first-order valence-corrected chi connectivity index (χ1v) is 9.68. The zero-order valence-corrected chi connectivity index (χ0v) is 16.3. The van der Waals surface area contributed by atoms with E-state index in [0.29, 0.717) is 12.0 Å². The first-order valence-electron chi connectivity index (χ1n) is 9.68. The second-order valence-electron chi connectivity index (χ2n) is 7.41. The monoisotopic (exact) mass is 385 g/mol. The minimum absolute atomic E-state index is 0.0148. The number of ketones is 1. The summed E-state index contributed by atoms with van der Waals surface area (Å²) in [6, 6.07) is 16.9. The number of guanidine groups is 1. The maximum Gasteiger partial charge on any atom is 0.262 e. The Morgan fingerprint density at radius 2 is 1.97 bits per heavy atom. The standard InChI is InChI=1S/C24H23N3O2/c1-17(28)19-10-8-9-18(15-19)16-27-22(29)24(26-23(27)25,20-11-4-2-5-12-20)21-13-6-3-7-14-21/h2-13,15,21H,14,16H2,1H3,(H2,25,26). The lowest BCUT2D eigenvalue weighted by atomic mass is 9.75. The molecule has 2 aromatic carbocycles. The van der Waals surface area contributed by atoms with E-state index in [1.807, 2.05) is 66.8 Å². The minimum atomic E-state index is -1.08. The van der Waals surface area contributed by atoms with E-state index >= 15 is 0 Å². The summed E-state index contributed by atoms with van der Waals surface area (Å²) < 4.78 is 0. The van der Waals surface area contributed by atoms with Gasteiger partial charge in [0.2, 0.25) is 0 Å². The van der Waals surface area contributed by atoms with Crippen LogP contribution in [0.4, 0.5) is 0 Å². The highest BCUT2D eigenvalue weighted by molar-refractivity contribution is 6.07. The van der Waals surface area contributed by atoms with Crippen molar-refractivity contribution in [2.24, 2.45) is 16.6 Å². The third kappa shape index (κ3) is 3.29. The molecule has 1 aliphatic heterocycles. The minimum Gasteiger partial charge on any atom is -0.369 e. The number of amides is 1. The lowest BCUT2D eigenvalue weighted by Crippen LogP contribution is -2.45. The molecular weight excluding hydrogens is 362 g/mol. The van der Waals surface area contributed by atoms with Gasteiger partial charge in [0.15, 0.2) is 17.3 Å². The van der Waals surface area contributed by atoms with Crippen molar-refractivity contribution in [2.75, 3.05) is 0 Å². The van der Waals surface area contributed by atoms with Crippen LogP contribution in [0.3, 0.4) is 0 Å². The van der Waals surface area contributed by atoms with Crippen molar-refractivity contribution in [1.82, 2.24) is 4.90 Å². The molecule has 0 fully saturated rings. The van der Waals surface area contributed by atoms with E-state index in [9.17, 15) is 9.59 Å². The van der Waals surface area contributed by atoms with Gasteiger partial charge < -0.3 is 5.73 Å². The molecule has 2 atom stereocenters. The number of hydrogen-bond donors (Lipinski definition) is 1. The average Bonchev–Trinajstić information content (AvgIpc) is 3.01. The van der Waals surface area contributed by atoms with E-state index in [2.05, 4.69) is 0 Å². The van der Waals surface area contributed by atoms with Crippen LogP contribution in [0.15, 0.2) is 83.9 Å². The van der Waals surface area contributed by atoms with E-state index in [0.717, 1.165) is 11.1 Å². The number of rotatable bonds is 5. The average molecular weight is 385 g/mol. The molecule has 0 saturated carbocycles. The molecule has 29 heavy (non-hydrogen) atoms. The van der Waals surface area contributed by atoms with Crippen molar-refractivity contribution in [3.05, 3.63) is 95.6 Å². The molecule has 5 heteroatoms. The number of allylic oxidation sites excluding steroid dienone is 3. The van der Waals surface area contributed by atoms with Gasteiger partial charge in [-0.3, -0.25) is 14.5 Å². The molecule has 4 rings (SSSR count). The first-order chi connectivity index (χ1) is 14.0. The molecule has 0 aromatic heterocycles. The van der Waals surface area contributed by atoms with Gasteiger partial charge in [0.25, 0.3) is 5.91 Å². The van der Waals surface area contributed by atoms with E-state index < -0.39 is 5.54 Å². The summed E-state index contributed by atoms with van der Waals surface area (Å²) in [4.78, 5) is 31.8. The zero-order chi connectivity index (χ0) is 20.4. The van der Waals surface area contributed by atoms with Crippen LogP contribution in [0.25, 0.3) is 0 Å². The third-order valence-electron chi connectivity index (χ3n) is 5.54. The summed E-state index contributed by atoms with van der Waals surface area (Å²) in [7, 11) is 0. The van der Waals surface area contributed by atoms with E-state index in [1.54, 1.807) is 12.1 Å². The fourth-order valence-electron chi connectivity index (χ4n) is 4.05. The Balaban J connectivity index is 1.73. The molecule has 5 nitrogen and oxygen atoms in total. The van der Waals surface area contributed by atoms with Crippen LogP contribution >= 0.6 is 0 Å². The van der Waals surface area contributed by atoms with Gasteiger partial charge in [-0.2, -0.15) is 0 Å². The number of hydrogen-bond acceptors (Lipinski definition) is 4. The van der Waals surface area contributed by atoms with Crippen LogP contribution in [-0.4, -0.2) is 22.5 Å². The Morgan fingerprint density at radius 1 is 1.17 bits per heavy atom. The van der Waals surface area contributed by atoms with Gasteiger partial charge in [0, 0.05) is 11.5 Å². The molecule has 1 amide bonds. The number of aliphatic imine (C=N–C) groups is 1. The third-order valence-corrected chi connectivity index (χ3v) is 5.54. The highest BCUT2D eigenvalue weighted by Gasteiger charge is 2.53. The van der Waals surface area contributed by atoms with Crippen LogP contribution in [0.2, 0.25) is 0 Å². The summed E-state index contributed by atoms with van der Waals surface area (Å²) in [5.41, 5.74) is 7.48. The summed E-state index contributed by atoms with van der Waals surface area (Å²) in [5.74, 6) is -0.0667. The predicted molar refractivity (Wildman–Crippen MR) is 113 cm³/mol. The number of nitrogens with two attached hydrogens (primary N) is 1. The van der Waals surface area contributed by atoms with Crippen LogP contribution in [0, 0.1) is 5.92 Å². The Labute approximate surface area is 170 Å². The largest absolute Gasteiger partial charge is 0.369 e. The molecule has 2 N–H and O–H groups in total. The molecule has 146 valence electrons. The summed E-state index contributed by atoms with van der Waals surface area (Å²) in [5, 5.41) is 0. The fourth-order valence-corrected chi connectivity index (χ4v) is 4.05. The zero-order valence-electron chi connectivity index (χ0n) is 16.3. The second kappa shape index (κ2) is 7.51. The highest BCUT2D eigenvalue weighted by Crippen LogP contribution is 2.43. The predicted octanol–water partition coefficient (Wildman–Crippen LogP) is 3.57. The quantitative estimate of drug-likeness (QED) is 0.800. The van der Waals surface area contributed by atoms with Gasteiger partial charge >= 0.3 is 0 Å². The Hall–Kier alpha value is -3.47. The van der Waals surface area contributed by atoms with Crippen molar-refractivity contribution in [1.29, 1.82) is 0 Å². The molecule has 1 aliphatic carbocycles. The fraction of sp³-hybridized carbons (Fsp3) is 0.208. The number of carbonyl (C=O) groups is 2. The molecular formula is C24H23N3O2. The summed E-state index contributed by atoms with van der Waals surface area (Å²) >= 11 is 0. The van der Waals surface area contributed by atoms with Gasteiger partial charge in [0.1, 0.15) is 0 Å². The van der Waals surface area contributed by atoms with Crippen LogP contribution in [0.1, 0.15) is 34.8 Å². The smallest absolute Gasteiger partial charge is 0.262 e. The lowest BCUT2D eigenvalue weighted by Gasteiger charge is -2.33. The maximum absolute atomic E-state index is 13.8. The van der Waals surface area contributed by atoms with Crippen molar-refractivity contribution >= 4 is 17.6 Å². The molecule has 0 spiro atoms. The molecule has 0 saturated heterocycles. The van der Waals surface area contributed by atoms with Gasteiger partial charge in [-0.1, -0.05) is 72.8 Å². The van der Waals surface area contributed by atoms with Gasteiger partial charge in [-0.05, 0) is 30.5 Å². The van der Waals surface area contributed by atoms with Crippen molar-refractivity contribution in [3.8, 4) is 0 Å². The first kappa shape index (κ1) is 18.9. The van der Waals surface area contributed by atoms with Crippen LogP contribution in [-0.2, 0) is 16.9 Å². The second-order valence-corrected chi connectivity index (χ2v) is 7.41. The Morgan fingerprint density at radius 3 is 2.66 bits per heavy atom. The van der Waals surface area contributed by atoms with Crippen LogP contribution in [0.5, 0.6) is 0 Å². The Bertz CT molecular complexity index is 1040. The molecule has 0 bridgehead atoms. The SMILES string of the molecule is CC(=O)c1cccc(CN2C(=O)C(c3ccccc3)(C3C=CC=CC3)N=C2N)c1. The number of benzene rings is 2. The molecule has 2 aliphatic rings. The van der Waals surface area contributed by atoms with E-state index in [-0.39, 0.29) is 30.1 Å². The topological polar surface area (TPSA) is 75.8 Å². The van der Waals surface area contributed by atoms with E-state index in [4.69, 9.17) is 10.7 Å². The van der Waals surface area contributed by atoms with Gasteiger partial charge in [0.05, 0.1) is 6.54 Å². The van der Waals surface area contributed by atoms with Crippen molar-refractivity contribution < 1.29 is 9.59 Å². The number of Topliss-reactive ketones (excluding diaryl/α,β-unsaturated/α-hetero) is 1. The summed E-state index contributed by atoms with van der Waals surface area (Å²) in [6.45, 7) is 1.80. The lowest BCUT2D eigenvalue weighted by molar-refractivity contribution is -0.133. The van der Waals surface area contributed by atoms with Gasteiger partial charge in [-0.25, -0.2) is 4.99 Å². The molecule has 1 heterocycles. The van der Waals surface area contributed by atoms with Crippen molar-refractivity contribution in [2.45, 2.75) is 25.4 Å².